The number of aryl methyl sites for hydroxylation is 1. The van der Waals surface area contributed by atoms with Crippen molar-refractivity contribution < 1.29 is 9.59 Å². The van der Waals surface area contributed by atoms with Gasteiger partial charge in [0, 0.05) is 42.5 Å². The fraction of sp³-hybridized carbons (Fsp3) is 0.263. The van der Waals surface area contributed by atoms with E-state index in [1.165, 1.54) is 0 Å². The molecule has 0 aromatic heterocycles. The number of piperazine rings is 1. The number of hydrogen-bond acceptors (Lipinski definition) is 2. The maximum absolute atomic E-state index is 12.5. The molecule has 2 aromatic carbocycles. The Hall–Kier alpha value is -2.53. The lowest BCUT2D eigenvalue weighted by Gasteiger charge is -2.34. The Morgan fingerprint density at radius 2 is 1.44 bits per heavy atom. The second-order valence-electron chi connectivity index (χ2n) is 6.08. The van der Waals surface area contributed by atoms with Crippen molar-refractivity contribution in [1.29, 1.82) is 0 Å². The Kier molecular flexibility index (Phi) is 5.24. The predicted octanol–water partition coefficient (Wildman–Crippen LogP) is 3.64. The topological polar surface area (TPSA) is 52.7 Å². The number of anilines is 1. The molecule has 130 valence electrons. The van der Waals surface area contributed by atoms with E-state index in [1.807, 2.05) is 31.2 Å². The summed E-state index contributed by atoms with van der Waals surface area (Å²) in [5, 5.41) is 3.50. The van der Waals surface area contributed by atoms with Crippen molar-refractivity contribution in [2.75, 3.05) is 31.5 Å². The smallest absolute Gasteiger partial charge is 0.321 e. The van der Waals surface area contributed by atoms with Crippen LogP contribution >= 0.6 is 11.6 Å². The SMILES string of the molecule is Cc1ccc(NC(=O)N2CCN(C(=O)c3ccc(Cl)cc3)CC2)cc1. The minimum atomic E-state index is -0.137. The Balaban J connectivity index is 1.54. The van der Waals surface area contributed by atoms with Gasteiger partial charge in [0.05, 0.1) is 0 Å². The van der Waals surface area contributed by atoms with E-state index >= 15 is 0 Å². The molecule has 1 saturated heterocycles. The van der Waals surface area contributed by atoms with Gasteiger partial charge in [0.15, 0.2) is 0 Å². The van der Waals surface area contributed by atoms with Gasteiger partial charge < -0.3 is 15.1 Å². The fourth-order valence-electron chi connectivity index (χ4n) is 2.73. The van der Waals surface area contributed by atoms with Crippen molar-refractivity contribution >= 4 is 29.2 Å². The average Bonchev–Trinajstić information content (AvgIpc) is 2.64. The lowest BCUT2D eigenvalue weighted by molar-refractivity contribution is 0.0671. The third-order valence-electron chi connectivity index (χ3n) is 4.25. The van der Waals surface area contributed by atoms with E-state index in [0.717, 1.165) is 11.3 Å². The maximum atomic E-state index is 12.5. The zero-order chi connectivity index (χ0) is 17.8. The van der Waals surface area contributed by atoms with Crippen molar-refractivity contribution in [3.8, 4) is 0 Å². The third kappa shape index (κ3) is 4.31. The first-order chi connectivity index (χ1) is 12.0. The van der Waals surface area contributed by atoms with Crippen LogP contribution in [-0.2, 0) is 0 Å². The second kappa shape index (κ2) is 7.57. The van der Waals surface area contributed by atoms with Gasteiger partial charge in [-0.25, -0.2) is 4.79 Å². The van der Waals surface area contributed by atoms with Crippen LogP contribution in [-0.4, -0.2) is 47.9 Å². The normalized spacial score (nSPS) is 14.3. The van der Waals surface area contributed by atoms with E-state index in [1.54, 1.807) is 34.1 Å². The van der Waals surface area contributed by atoms with Gasteiger partial charge in [-0.2, -0.15) is 0 Å². The molecule has 0 aliphatic carbocycles. The van der Waals surface area contributed by atoms with Gasteiger partial charge in [-0.3, -0.25) is 4.79 Å². The highest BCUT2D eigenvalue weighted by Gasteiger charge is 2.24. The van der Waals surface area contributed by atoms with Gasteiger partial charge in [-0.1, -0.05) is 29.3 Å². The fourth-order valence-corrected chi connectivity index (χ4v) is 2.85. The summed E-state index contributed by atoms with van der Waals surface area (Å²) in [6.45, 7) is 4.06. The van der Waals surface area contributed by atoms with Crippen molar-refractivity contribution in [2.24, 2.45) is 0 Å². The number of rotatable bonds is 2. The lowest BCUT2D eigenvalue weighted by Crippen LogP contribution is -2.51. The van der Waals surface area contributed by atoms with E-state index in [2.05, 4.69) is 5.32 Å². The number of nitrogens with one attached hydrogen (secondary N) is 1. The minimum absolute atomic E-state index is 0.0322. The number of nitrogens with zero attached hydrogens (tertiary/aromatic N) is 2. The lowest BCUT2D eigenvalue weighted by atomic mass is 10.2. The zero-order valence-corrected chi connectivity index (χ0v) is 14.8. The summed E-state index contributed by atoms with van der Waals surface area (Å²) in [6, 6.07) is 14.4. The first-order valence-corrected chi connectivity index (χ1v) is 8.58. The minimum Gasteiger partial charge on any atom is -0.335 e. The number of amides is 3. The predicted molar refractivity (Wildman–Crippen MR) is 99.1 cm³/mol. The van der Waals surface area contributed by atoms with Crippen molar-refractivity contribution in [3.05, 3.63) is 64.7 Å². The Morgan fingerprint density at radius 3 is 2.04 bits per heavy atom. The van der Waals surface area contributed by atoms with Gasteiger partial charge in [-0.15, -0.1) is 0 Å². The molecule has 0 spiro atoms. The first-order valence-electron chi connectivity index (χ1n) is 8.20. The number of carbonyl (C=O) groups excluding carboxylic acids is 2. The Labute approximate surface area is 152 Å². The zero-order valence-electron chi connectivity index (χ0n) is 14.0. The molecule has 1 heterocycles. The molecule has 3 amide bonds. The van der Waals surface area contributed by atoms with Crippen LogP contribution < -0.4 is 5.32 Å². The summed E-state index contributed by atoms with van der Waals surface area (Å²) in [5.74, 6) is -0.0322. The van der Waals surface area contributed by atoms with E-state index in [0.29, 0.717) is 36.8 Å². The van der Waals surface area contributed by atoms with E-state index in [-0.39, 0.29) is 11.9 Å². The summed E-state index contributed by atoms with van der Waals surface area (Å²) in [7, 11) is 0. The quantitative estimate of drug-likeness (QED) is 0.892. The molecule has 25 heavy (non-hydrogen) atoms. The standard InChI is InChI=1S/C19H20ClN3O2/c1-14-2-8-17(9-3-14)21-19(25)23-12-10-22(11-13-23)18(24)15-4-6-16(20)7-5-15/h2-9H,10-13H2,1H3,(H,21,25). The molecule has 0 unspecified atom stereocenters. The molecule has 5 nitrogen and oxygen atoms in total. The summed E-state index contributed by atoms with van der Waals surface area (Å²) < 4.78 is 0. The number of hydrogen-bond donors (Lipinski definition) is 1. The summed E-state index contributed by atoms with van der Waals surface area (Å²) in [6.07, 6.45) is 0. The highest BCUT2D eigenvalue weighted by atomic mass is 35.5. The second-order valence-corrected chi connectivity index (χ2v) is 6.52. The molecule has 2 aromatic rings. The highest BCUT2D eigenvalue weighted by Crippen LogP contribution is 2.14. The number of halogens is 1. The van der Waals surface area contributed by atoms with Crippen LogP contribution in [0.2, 0.25) is 5.02 Å². The van der Waals surface area contributed by atoms with E-state index in [9.17, 15) is 9.59 Å². The summed E-state index contributed by atoms with van der Waals surface area (Å²) >= 11 is 5.86. The summed E-state index contributed by atoms with van der Waals surface area (Å²) in [4.78, 5) is 28.3. The van der Waals surface area contributed by atoms with Crippen molar-refractivity contribution in [3.63, 3.8) is 0 Å². The van der Waals surface area contributed by atoms with Crippen LogP contribution in [0.4, 0.5) is 10.5 Å². The highest BCUT2D eigenvalue weighted by molar-refractivity contribution is 6.30. The van der Waals surface area contributed by atoms with Gasteiger partial charge in [-0.05, 0) is 43.3 Å². The maximum Gasteiger partial charge on any atom is 0.321 e. The Bertz CT molecular complexity index is 751. The van der Waals surface area contributed by atoms with Crippen LogP contribution in [0, 0.1) is 6.92 Å². The molecule has 0 saturated carbocycles. The number of benzene rings is 2. The Morgan fingerprint density at radius 1 is 0.880 bits per heavy atom. The molecule has 0 bridgehead atoms. The third-order valence-corrected chi connectivity index (χ3v) is 4.50. The molecule has 1 aliphatic rings. The molecule has 1 N–H and O–H groups in total. The number of carbonyl (C=O) groups is 2. The van der Waals surface area contributed by atoms with Crippen LogP contribution in [0.5, 0.6) is 0 Å². The molecule has 0 radical (unpaired) electrons. The van der Waals surface area contributed by atoms with Gasteiger partial charge >= 0.3 is 6.03 Å². The molecule has 0 atom stereocenters. The van der Waals surface area contributed by atoms with E-state index in [4.69, 9.17) is 11.6 Å². The van der Waals surface area contributed by atoms with Gasteiger partial charge in [0.1, 0.15) is 0 Å². The molecular weight excluding hydrogens is 338 g/mol. The van der Waals surface area contributed by atoms with Crippen LogP contribution in [0.1, 0.15) is 15.9 Å². The van der Waals surface area contributed by atoms with Crippen LogP contribution in [0.15, 0.2) is 48.5 Å². The summed E-state index contributed by atoms with van der Waals surface area (Å²) in [5.41, 5.74) is 2.53. The molecule has 3 rings (SSSR count). The van der Waals surface area contributed by atoms with Crippen molar-refractivity contribution in [2.45, 2.75) is 6.92 Å². The average molecular weight is 358 g/mol. The largest absolute Gasteiger partial charge is 0.335 e. The number of urea groups is 1. The molecular formula is C19H20ClN3O2. The van der Waals surface area contributed by atoms with Gasteiger partial charge in [0.25, 0.3) is 5.91 Å². The monoisotopic (exact) mass is 357 g/mol. The van der Waals surface area contributed by atoms with Crippen LogP contribution in [0.3, 0.4) is 0 Å². The van der Waals surface area contributed by atoms with Crippen molar-refractivity contribution in [1.82, 2.24) is 9.80 Å². The van der Waals surface area contributed by atoms with Gasteiger partial charge in [0.2, 0.25) is 0 Å². The molecule has 1 aliphatic heterocycles. The molecule has 1 fully saturated rings. The molecule has 6 heteroatoms. The van der Waals surface area contributed by atoms with E-state index < -0.39 is 0 Å². The first kappa shape index (κ1) is 17.3. The van der Waals surface area contributed by atoms with Crippen LogP contribution in [0.25, 0.3) is 0 Å².